The highest BCUT2D eigenvalue weighted by molar-refractivity contribution is 7.13. The fraction of sp³-hybridized carbons (Fsp3) is 0.389. The van der Waals surface area contributed by atoms with Crippen LogP contribution in [0.4, 0.5) is 11.5 Å². The lowest BCUT2D eigenvalue weighted by molar-refractivity contribution is 0.112. The van der Waals surface area contributed by atoms with Gasteiger partial charge in [-0.1, -0.05) is 13.0 Å². The molecule has 7 heteroatoms. The molecule has 0 spiro atoms. The van der Waals surface area contributed by atoms with E-state index in [-0.39, 0.29) is 0 Å². The van der Waals surface area contributed by atoms with E-state index in [2.05, 4.69) is 22.2 Å². The second kappa shape index (κ2) is 9.29. The van der Waals surface area contributed by atoms with Crippen LogP contribution in [0.5, 0.6) is 0 Å². The van der Waals surface area contributed by atoms with Gasteiger partial charge >= 0.3 is 0 Å². The van der Waals surface area contributed by atoms with Crippen molar-refractivity contribution in [2.75, 3.05) is 38.0 Å². The summed E-state index contributed by atoms with van der Waals surface area (Å²) in [6, 6.07) is 3.88. The summed E-state index contributed by atoms with van der Waals surface area (Å²) in [5.41, 5.74) is 2.55. The molecule has 2 heterocycles. The summed E-state index contributed by atoms with van der Waals surface area (Å²) in [7, 11) is 5.54. The van der Waals surface area contributed by atoms with Crippen molar-refractivity contribution in [3.63, 3.8) is 0 Å². The predicted molar refractivity (Wildman–Crippen MR) is 104 cm³/mol. The normalized spacial score (nSPS) is 11.4. The Kier molecular flexibility index (Phi) is 7.09. The molecule has 0 aromatic carbocycles. The molecule has 134 valence electrons. The molecule has 2 rings (SSSR count). The van der Waals surface area contributed by atoms with Crippen molar-refractivity contribution >= 4 is 35.0 Å². The number of hydrogen-bond acceptors (Lipinski definition) is 6. The average molecular weight is 360 g/mol. The maximum atomic E-state index is 11.3. The minimum Gasteiger partial charge on any atom is -0.377 e. The Labute approximate surface area is 152 Å². The fourth-order valence-electron chi connectivity index (χ4n) is 2.33. The van der Waals surface area contributed by atoms with Crippen LogP contribution in [0.15, 0.2) is 28.7 Å². The van der Waals surface area contributed by atoms with Crippen LogP contribution >= 0.6 is 11.3 Å². The topological polar surface area (TPSA) is 66.8 Å². The maximum absolute atomic E-state index is 11.3. The smallest absolute Gasteiger partial charge is 0.153 e. The van der Waals surface area contributed by atoms with Crippen LogP contribution in [-0.4, -0.2) is 44.9 Å². The summed E-state index contributed by atoms with van der Waals surface area (Å²) in [6.45, 7) is 3.39. The van der Waals surface area contributed by atoms with Crippen molar-refractivity contribution in [3.05, 3.63) is 39.7 Å². The number of nitrogens with one attached hydrogen (secondary N) is 1. The van der Waals surface area contributed by atoms with E-state index in [0.717, 1.165) is 35.4 Å². The van der Waals surface area contributed by atoms with Crippen molar-refractivity contribution < 1.29 is 9.53 Å². The quantitative estimate of drug-likeness (QED) is 0.338. The molecule has 0 unspecified atom stereocenters. The molecule has 0 atom stereocenters. The Morgan fingerprint density at radius 3 is 2.80 bits per heavy atom. The lowest BCUT2D eigenvalue weighted by atomic mass is 10.2. The molecule has 0 fully saturated rings. The van der Waals surface area contributed by atoms with Crippen molar-refractivity contribution in [1.82, 2.24) is 4.98 Å². The number of ether oxygens (including phenoxy) is 1. The molecule has 0 radical (unpaired) electrons. The molecule has 0 aliphatic carbocycles. The van der Waals surface area contributed by atoms with Gasteiger partial charge < -0.3 is 15.0 Å². The van der Waals surface area contributed by atoms with Crippen LogP contribution in [-0.2, 0) is 11.3 Å². The van der Waals surface area contributed by atoms with Crippen molar-refractivity contribution in [2.45, 2.75) is 20.0 Å². The summed E-state index contributed by atoms with van der Waals surface area (Å²) >= 11 is 1.48. The highest BCUT2D eigenvalue weighted by atomic mass is 32.1. The van der Waals surface area contributed by atoms with Gasteiger partial charge in [-0.05, 0) is 18.1 Å². The Balaban J connectivity index is 2.15. The number of anilines is 2. The first kappa shape index (κ1) is 19.1. The van der Waals surface area contributed by atoms with Gasteiger partial charge in [0.1, 0.15) is 11.7 Å². The molecule has 0 saturated carbocycles. The molecular formula is C18H24N4O2S. The molecule has 0 amide bonds. The number of aldehydes is 1. The van der Waals surface area contributed by atoms with Crippen LogP contribution in [0.3, 0.4) is 0 Å². The van der Waals surface area contributed by atoms with E-state index < -0.39 is 0 Å². The molecule has 0 saturated heterocycles. The van der Waals surface area contributed by atoms with Crippen LogP contribution < -0.4 is 10.2 Å². The third-order valence-corrected chi connectivity index (χ3v) is 4.49. The second-order valence-corrected chi connectivity index (χ2v) is 6.56. The lowest BCUT2D eigenvalue weighted by Gasteiger charge is -2.16. The van der Waals surface area contributed by atoms with Gasteiger partial charge in [-0.25, -0.2) is 4.98 Å². The van der Waals surface area contributed by atoms with Crippen LogP contribution in [0, 0.1) is 0 Å². The first-order valence-electron chi connectivity index (χ1n) is 8.11. The zero-order chi connectivity index (χ0) is 18.2. The van der Waals surface area contributed by atoms with E-state index in [1.165, 1.54) is 11.3 Å². The minimum absolute atomic E-state index is 0.564. The molecule has 0 aliphatic rings. The van der Waals surface area contributed by atoms with Crippen molar-refractivity contribution in [3.8, 4) is 0 Å². The number of aliphatic imine (C=N–C) groups is 1. The maximum Gasteiger partial charge on any atom is 0.153 e. The molecule has 2 aromatic rings. The van der Waals surface area contributed by atoms with E-state index in [9.17, 15) is 4.79 Å². The Morgan fingerprint density at radius 1 is 1.44 bits per heavy atom. The predicted octanol–water partition coefficient (Wildman–Crippen LogP) is 3.44. The van der Waals surface area contributed by atoms with Gasteiger partial charge in [-0.2, -0.15) is 0 Å². The SMILES string of the molecule is CCCOCc1ccc(NC(=NC)c2scc(C=O)c2N(C)C)nc1. The number of thiophene rings is 1. The first-order valence-corrected chi connectivity index (χ1v) is 8.99. The summed E-state index contributed by atoms with van der Waals surface area (Å²) in [6.07, 6.45) is 3.66. The summed E-state index contributed by atoms with van der Waals surface area (Å²) in [4.78, 5) is 22.8. The third-order valence-electron chi connectivity index (χ3n) is 3.49. The van der Waals surface area contributed by atoms with Crippen LogP contribution in [0.2, 0.25) is 0 Å². The summed E-state index contributed by atoms with van der Waals surface area (Å²) in [5, 5.41) is 5.08. The molecule has 0 aliphatic heterocycles. The van der Waals surface area contributed by atoms with Gasteiger partial charge in [0.05, 0.1) is 17.2 Å². The number of carbonyl (C=O) groups excluding carboxylic acids is 1. The highest BCUT2D eigenvalue weighted by Crippen LogP contribution is 2.30. The molecule has 25 heavy (non-hydrogen) atoms. The number of nitrogens with zero attached hydrogens (tertiary/aromatic N) is 3. The zero-order valence-corrected chi connectivity index (χ0v) is 15.9. The molecule has 0 bridgehead atoms. The van der Waals surface area contributed by atoms with E-state index in [0.29, 0.717) is 23.8 Å². The van der Waals surface area contributed by atoms with Gasteiger partial charge in [0, 0.05) is 44.9 Å². The first-order chi connectivity index (χ1) is 12.1. The van der Waals surface area contributed by atoms with E-state index >= 15 is 0 Å². The largest absolute Gasteiger partial charge is 0.377 e. The monoisotopic (exact) mass is 360 g/mol. The highest BCUT2D eigenvalue weighted by Gasteiger charge is 2.18. The van der Waals surface area contributed by atoms with Crippen molar-refractivity contribution in [1.29, 1.82) is 0 Å². The average Bonchev–Trinajstić information content (AvgIpc) is 3.05. The molecule has 2 aromatic heterocycles. The van der Waals surface area contributed by atoms with Gasteiger partial charge in [0.25, 0.3) is 0 Å². The number of carbonyl (C=O) groups is 1. The molecule has 6 nitrogen and oxygen atoms in total. The number of amidine groups is 1. The van der Waals surface area contributed by atoms with Gasteiger partial charge in [-0.15, -0.1) is 11.3 Å². The second-order valence-electron chi connectivity index (χ2n) is 5.68. The standard InChI is InChI=1S/C18H24N4O2S/c1-5-8-24-11-13-6-7-15(20-9-13)21-18(19-2)17-16(22(3)4)14(10-23)12-25-17/h6-7,9-10,12H,5,8,11H2,1-4H3,(H,19,20,21). The molecular weight excluding hydrogens is 336 g/mol. The minimum atomic E-state index is 0.564. The van der Waals surface area contributed by atoms with Crippen LogP contribution in [0.25, 0.3) is 0 Å². The number of hydrogen-bond donors (Lipinski definition) is 1. The van der Waals surface area contributed by atoms with E-state index in [1.54, 1.807) is 13.2 Å². The Hall–Kier alpha value is -2.25. The third kappa shape index (κ3) is 4.87. The number of rotatable bonds is 8. The summed E-state index contributed by atoms with van der Waals surface area (Å²) in [5.74, 6) is 1.38. The fourth-order valence-corrected chi connectivity index (χ4v) is 3.41. The Bertz CT molecular complexity index is 723. The van der Waals surface area contributed by atoms with Gasteiger partial charge in [0.2, 0.25) is 0 Å². The summed E-state index contributed by atoms with van der Waals surface area (Å²) < 4.78 is 5.52. The zero-order valence-electron chi connectivity index (χ0n) is 15.1. The van der Waals surface area contributed by atoms with E-state index in [4.69, 9.17) is 4.74 Å². The number of aromatic nitrogens is 1. The van der Waals surface area contributed by atoms with Crippen LogP contribution in [0.1, 0.15) is 34.1 Å². The van der Waals surface area contributed by atoms with Gasteiger partial charge in [-0.3, -0.25) is 9.79 Å². The molecule has 1 N–H and O–H groups in total. The lowest BCUT2D eigenvalue weighted by Crippen LogP contribution is -2.19. The number of pyridine rings is 1. The van der Waals surface area contributed by atoms with E-state index in [1.807, 2.05) is 36.5 Å². The van der Waals surface area contributed by atoms with Crippen molar-refractivity contribution in [2.24, 2.45) is 4.99 Å². The Morgan fingerprint density at radius 2 is 2.24 bits per heavy atom. The van der Waals surface area contributed by atoms with Gasteiger partial charge in [0.15, 0.2) is 6.29 Å².